The molecular weight excluding hydrogens is 544 g/mol. The summed E-state index contributed by atoms with van der Waals surface area (Å²) in [6.45, 7) is 5.85. The van der Waals surface area contributed by atoms with E-state index in [1.165, 1.54) is 24.4 Å². The molecule has 1 saturated carbocycles. The molecule has 1 aliphatic heterocycles. The first-order chi connectivity index (χ1) is 20.1. The highest BCUT2D eigenvalue weighted by Crippen LogP contribution is 2.67. The second-order valence-electron chi connectivity index (χ2n) is 11.4. The van der Waals surface area contributed by atoms with E-state index in [4.69, 9.17) is 10.5 Å². The van der Waals surface area contributed by atoms with Crippen LogP contribution in [0, 0.1) is 36.8 Å². The number of aryl methyl sites for hydroxylation is 2. The normalized spacial score (nSPS) is 21.5. The average molecular weight is 576 g/mol. The number of fused-ring (bicyclic) bond motifs is 1. The molecule has 0 radical (unpaired) electrons. The Morgan fingerprint density at radius 2 is 2.07 bits per heavy atom. The lowest BCUT2D eigenvalue weighted by molar-refractivity contribution is -0.117. The number of carbonyl (C=O) groups excluding carboxylic acids is 2. The van der Waals surface area contributed by atoms with Gasteiger partial charge in [0.25, 0.3) is 5.91 Å². The van der Waals surface area contributed by atoms with Crippen molar-refractivity contribution in [2.24, 2.45) is 17.1 Å². The Balaban J connectivity index is 1.22. The SMILES string of the molecule is Cc1n[nH]c(C)c1-c1ncc(NC(=O)CC2c3ccc(F)cc3OCC23CC3CC(C)n2nccc2C(N)=O)cc1F. The molecule has 4 heterocycles. The van der Waals surface area contributed by atoms with E-state index in [1.54, 1.807) is 36.9 Å². The van der Waals surface area contributed by atoms with Crippen molar-refractivity contribution in [3.63, 3.8) is 0 Å². The van der Waals surface area contributed by atoms with E-state index in [2.05, 4.69) is 25.6 Å². The summed E-state index contributed by atoms with van der Waals surface area (Å²) < 4.78 is 36.8. The molecule has 218 valence electrons. The molecule has 4 aromatic rings. The minimum absolute atomic E-state index is 0.0878. The van der Waals surface area contributed by atoms with Gasteiger partial charge in [-0.05, 0) is 57.2 Å². The third-order valence-electron chi connectivity index (χ3n) is 8.67. The maximum Gasteiger partial charge on any atom is 0.266 e. The van der Waals surface area contributed by atoms with Gasteiger partial charge in [0.15, 0.2) is 5.82 Å². The molecule has 1 spiro atoms. The molecule has 10 nitrogen and oxygen atoms in total. The Morgan fingerprint density at radius 1 is 1.26 bits per heavy atom. The van der Waals surface area contributed by atoms with Crippen LogP contribution >= 0.6 is 0 Å². The number of halogens is 2. The molecule has 2 amide bonds. The van der Waals surface area contributed by atoms with Crippen LogP contribution in [0.4, 0.5) is 14.5 Å². The number of benzene rings is 1. The van der Waals surface area contributed by atoms with Crippen molar-refractivity contribution in [2.75, 3.05) is 11.9 Å². The summed E-state index contributed by atoms with van der Waals surface area (Å²) >= 11 is 0. The van der Waals surface area contributed by atoms with Crippen molar-refractivity contribution in [1.29, 1.82) is 0 Å². The highest BCUT2D eigenvalue weighted by Gasteiger charge is 2.62. The Morgan fingerprint density at radius 3 is 2.79 bits per heavy atom. The molecule has 6 rings (SSSR count). The zero-order valence-corrected chi connectivity index (χ0v) is 23.4. The first-order valence-corrected chi connectivity index (χ1v) is 13.8. The number of nitrogens with zero attached hydrogens (tertiary/aromatic N) is 4. The van der Waals surface area contributed by atoms with E-state index in [0.29, 0.717) is 41.4 Å². The number of primary amides is 1. The summed E-state index contributed by atoms with van der Waals surface area (Å²) in [5.74, 6) is -1.55. The number of hydrogen-bond acceptors (Lipinski definition) is 6. The molecule has 1 aliphatic carbocycles. The summed E-state index contributed by atoms with van der Waals surface area (Å²) in [4.78, 5) is 29.5. The average Bonchev–Trinajstić information content (AvgIpc) is 3.23. The van der Waals surface area contributed by atoms with Crippen LogP contribution < -0.4 is 15.8 Å². The summed E-state index contributed by atoms with van der Waals surface area (Å²) in [5.41, 5.74) is 8.55. The number of hydrogen-bond donors (Lipinski definition) is 3. The Labute approximate surface area is 240 Å². The van der Waals surface area contributed by atoms with Crippen LogP contribution in [0.25, 0.3) is 11.3 Å². The van der Waals surface area contributed by atoms with Crippen LogP contribution in [0.5, 0.6) is 5.75 Å². The number of aromatic nitrogens is 5. The zero-order valence-electron chi connectivity index (χ0n) is 23.4. The first kappa shape index (κ1) is 27.6. The Kier molecular flexibility index (Phi) is 6.78. The van der Waals surface area contributed by atoms with Gasteiger partial charge in [-0.25, -0.2) is 8.78 Å². The summed E-state index contributed by atoms with van der Waals surface area (Å²) in [5, 5.41) is 14.0. The summed E-state index contributed by atoms with van der Waals surface area (Å²) in [6.07, 6.45) is 4.53. The molecule has 1 aromatic carbocycles. The van der Waals surface area contributed by atoms with E-state index < -0.39 is 17.5 Å². The Hall–Kier alpha value is -4.61. The van der Waals surface area contributed by atoms with E-state index in [-0.39, 0.29) is 47.0 Å². The second-order valence-corrected chi connectivity index (χ2v) is 11.4. The smallest absolute Gasteiger partial charge is 0.266 e. The number of nitrogens with one attached hydrogen (secondary N) is 2. The van der Waals surface area contributed by atoms with E-state index >= 15 is 4.39 Å². The molecule has 1 fully saturated rings. The lowest BCUT2D eigenvalue weighted by atomic mass is 9.76. The highest BCUT2D eigenvalue weighted by molar-refractivity contribution is 5.92. The minimum Gasteiger partial charge on any atom is -0.493 e. The predicted molar refractivity (Wildman–Crippen MR) is 150 cm³/mol. The van der Waals surface area contributed by atoms with Gasteiger partial charge in [-0.15, -0.1) is 0 Å². The van der Waals surface area contributed by atoms with Gasteiger partial charge in [0.1, 0.15) is 23.0 Å². The van der Waals surface area contributed by atoms with E-state index in [9.17, 15) is 14.0 Å². The predicted octanol–water partition coefficient (Wildman–Crippen LogP) is 4.82. The number of nitrogens with two attached hydrogens (primary N) is 1. The van der Waals surface area contributed by atoms with Gasteiger partial charge in [0.2, 0.25) is 5.91 Å². The third kappa shape index (κ3) is 4.80. The number of aromatic amines is 1. The van der Waals surface area contributed by atoms with Crippen LogP contribution in [0.2, 0.25) is 0 Å². The second kappa shape index (κ2) is 10.3. The maximum absolute atomic E-state index is 15.1. The van der Waals surface area contributed by atoms with E-state index in [1.807, 2.05) is 6.92 Å². The molecular formula is C30H31F2N7O3. The largest absolute Gasteiger partial charge is 0.493 e. The Bertz CT molecular complexity index is 1680. The number of H-pyrrole nitrogens is 1. The molecule has 0 saturated heterocycles. The van der Waals surface area contributed by atoms with Crippen LogP contribution in [0.1, 0.15) is 65.6 Å². The van der Waals surface area contributed by atoms with Crippen LogP contribution in [-0.4, -0.2) is 43.4 Å². The molecule has 0 bridgehead atoms. The van der Waals surface area contributed by atoms with Gasteiger partial charge in [-0.3, -0.25) is 24.4 Å². The highest BCUT2D eigenvalue weighted by atomic mass is 19.1. The van der Waals surface area contributed by atoms with Crippen molar-refractivity contribution >= 4 is 17.5 Å². The van der Waals surface area contributed by atoms with Crippen LogP contribution in [0.3, 0.4) is 0 Å². The van der Waals surface area contributed by atoms with Gasteiger partial charge in [0.05, 0.1) is 30.2 Å². The lowest BCUT2D eigenvalue weighted by Crippen LogP contribution is -2.32. The van der Waals surface area contributed by atoms with E-state index in [0.717, 1.165) is 12.0 Å². The number of anilines is 1. The maximum atomic E-state index is 15.1. The first-order valence-electron chi connectivity index (χ1n) is 13.8. The summed E-state index contributed by atoms with van der Waals surface area (Å²) in [7, 11) is 0. The van der Waals surface area contributed by atoms with Gasteiger partial charge >= 0.3 is 0 Å². The van der Waals surface area contributed by atoms with Gasteiger partial charge in [0, 0.05) is 47.3 Å². The van der Waals surface area contributed by atoms with Crippen molar-refractivity contribution < 1.29 is 23.1 Å². The van der Waals surface area contributed by atoms with Gasteiger partial charge in [-0.2, -0.15) is 10.2 Å². The van der Waals surface area contributed by atoms with Crippen molar-refractivity contribution in [3.8, 4) is 17.0 Å². The number of rotatable bonds is 8. The molecule has 4 unspecified atom stereocenters. The van der Waals surface area contributed by atoms with Crippen molar-refractivity contribution in [3.05, 3.63) is 77.0 Å². The number of amides is 2. The monoisotopic (exact) mass is 575 g/mol. The fraction of sp³-hybridized carbons (Fsp3) is 0.367. The van der Waals surface area contributed by atoms with Gasteiger partial charge < -0.3 is 15.8 Å². The molecule has 2 aliphatic rings. The summed E-state index contributed by atoms with van der Waals surface area (Å²) in [6, 6.07) is 7.10. The quantitative estimate of drug-likeness (QED) is 0.275. The zero-order chi connectivity index (χ0) is 29.8. The molecule has 42 heavy (non-hydrogen) atoms. The third-order valence-corrected chi connectivity index (χ3v) is 8.67. The van der Waals surface area contributed by atoms with Crippen molar-refractivity contribution in [2.45, 2.75) is 52.0 Å². The minimum atomic E-state index is -0.575. The number of ether oxygens (including phenoxy) is 1. The van der Waals surface area contributed by atoms with Gasteiger partial charge in [-0.1, -0.05) is 6.07 Å². The lowest BCUT2D eigenvalue weighted by Gasteiger charge is -2.35. The van der Waals surface area contributed by atoms with Crippen LogP contribution in [-0.2, 0) is 4.79 Å². The number of pyridine rings is 1. The fourth-order valence-corrected chi connectivity index (χ4v) is 6.54. The molecule has 4 atom stereocenters. The molecule has 12 heteroatoms. The van der Waals surface area contributed by atoms with Crippen LogP contribution in [0.15, 0.2) is 42.7 Å². The number of carbonyl (C=O) groups is 2. The topological polar surface area (TPSA) is 141 Å². The van der Waals surface area contributed by atoms with Crippen molar-refractivity contribution in [1.82, 2.24) is 25.0 Å². The fourth-order valence-electron chi connectivity index (χ4n) is 6.54. The standard InChI is InChI=1S/C30H31F2N7O3/c1-15(39-24(29(33)41)6-7-35-39)8-18-12-30(18)14-42-25-9-19(31)4-5-21(25)22(30)11-26(40)36-20-10-23(32)28(34-13-20)27-16(2)37-38-17(27)3/h4-7,9-10,13,15,18,22H,8,11-12,14H2,1-3H3,(H2,33,41)(H,36,40)(H,37,38). The molecule has 3 aromatic heterocycles. The molecule has 4 N–H and O–H groups in total.